The number of fused-ring (bicyclic) bond motifs is 1. The van der Waals surface area contributed by atoms with Gasteiger partial charge in [-0.25, -0.2) is 9.97 Å². The molecular weight excluding hydrogens is 399 g/mol. The Morgan fingerprint density at radius 2 is 1.45 bits per heavy atom. The number of rotatable bonds is 5. The Hall–Kier alpha value is -3.55. The smallest absolute Gasteiger partial charge is 0.216 e. The van der Waals surface area contributed by atoms with E-state index >= 15 is 0 Å². The van der Waals surface area contributed by atoms with Crippen molar-refractivity contribution in [3.63, 3.8) is 0 Å². The summed E-state index contributed by atoms with van der Waals surface area (Å²) in [6.07, 6.45) is 1.75. The van der Waals surface area contributed by atoms with Gasteiger partial charge >= 0.3 is 0 Å². The second-order valence-corrected chi connectivity index (χ2v) is 9.08. The molecule has 0 N–H and O–H groups in total. The predicted molar refractivity (Wildman–Crippen MR) is 129 cm³/mol. The summed E-state index contributed by atoms with van der Waals surface area (Å²) in [5, 5.41) is 3.47. The van der Waals surface area contributed by atoms with Gasteiger partial charge in [0.15, 0.2) is 8.15 Å². The Morgan fingerprint density at radius 1 is 0.677 bits per heavy atom. The van der Waals surface area contributed by atoms with Gasteiger partial charge in [-0.05, 0) is 30.7 Å². The maximum absolute atomic E-state index is 6.34. The van der Waals surface area contributed by atoms with E-state index in [1.165, 1.54) is 10.9 Å². The van der Waals surface area contributed by atoms with Crippen molar-refractivity contribution < 1.29 is 4.52 Å². The summed E-state index contributed by atoms with van der Waals surface area (Å²) in [6.45, 7) is 2.12. The highest BCUT2D eigenvalue weighted by Gasteiger charge is 2.18. The van der Waals surface area contributed by atoms with Crippen molar-refractivity contribution in [1.29, 1.82) is 0 Å². The van der Waals surface area contributed by atoms with Crippen molar-refractivity contribution in [3.05, 3.63) is 115 Å². The molecule has 0 spiro atoms. The van der Waals surface area contributed by atoms with E-state index in [1.54, 1.807) is 6.20 Å². The van der Waals surface area contributed by atoms with Crippen molar-refractivity contribution >= 4 is 29.7 Å². The van der Waals surface area contributed by atoms with Gasteiger partial charge in [-0.2, -0.15) is 0 Å². The molecule has 0 aliphatic heterocycles. The molecule has 3 aromatic carbocycles. The van der Waals surface area contributed by atoms with Gasteiger partial charge in [0.2, 0.25) is 5.88 Å². The van der Waals surface area contributed by atoms with Crippen LogP contribution < -0.4 is 15.1 Å². The van der Waals surface area contributed by atoms with E-state index in [1.807, 2.05) is 36.4 Å². The molecule has 2 aromatic heterocycles. The van der Waals surface area contributed by atoms with Gasteiger partial charge in [0.1, 0.15) is 0 Å². The van der Waals surface area contributed by atoms with Gasteiger partial charge in [-0.1, -0.05) is 78.9 Å². The van der Waals surface area contributed by atoms with Crippen LogP contribution in [0.25, 0.3) is 22.2 Å². The van der Waals surface area contributed by atoms with E-state index in [2.05, 4.69) is 78.6 Å². The van der Waals surface area contributed by atoms with E-state index in [-0.39, 0.29) is 0 Å². The van der Waals surface area contributed by atoms with Crippen LogP contribution in [0.4, 0.5) is 0 Å². The molecule has 0 amide bonds. The third kappa shape index (κ3) is 4.19. The molecule has 4 heteroatoms. The van der Waals surface area contributed by atoms with Gasteiger partial charge in [0.25, 0.3) is 0 Å². The Kier molecular flexibility index (Phi) is 5.43. The molecule has 150 valence electrons. The summed E-state index contributed by atoms with van der Waals surface area (Å²) in [6, 6.07) is 35.1. The molecule has 31 heavy (non-hydrogen) atoms. The number of pyridine rings is 2. The number of benzene rings is 3. The second-order valence-electron chi connectivity index (χ2n) is 7.27. The van der Waals surface area contributed by atoms with Crippen LogP contribution in [-0.4, -0.2) is 9.97 Å². The van der Waals surface area contributed by atoms with E-state index < -0.39 is 8.15 Å². The maximum Gasteiger partial charge on any atom is 0.216 e. The zero-order valence-corrected chi connectivity index (χ0v) is 18.0. The molecule has 0 aliphatic carbocycles. The van der Waals surface area contributed by atoms with Gasteiger partial charge in [-0.15, -0.1) is 0 Å². The Morgan fingerprint density at radius 3 is 2.23 bits per heavy atom. The average Bonchev–Trinajstić information content (AvgIpc) is 2.84. The van der Waals surface area contributed by atoms with Crippen molar-refractivity contribution in [3.8, 4) is 17.1 Å². The summed E-state index contributed by atoms with van der Waals surface area (Å²) in [7, 11) is -1.02. The monoisotopic (exact) mass is 420 g/mol. The lowest BCUT2D eigenvalue weighted by atomic mass is 10.1. The topological polar surface area (TPSA) is 35.0 Å². The van der Waals surface area contributed by atoms with E-state index in [4.69, 9.17) is 9.51 Å². The molecule has 5 aromatic rings. The first-order valence-corrected chi connectivity index (χ1v) is 11.4. The molecular formula is C27H21N2OP. The molecule has 3 nitrogen and oxygen atoms in total. The van der Waals surface area contributed by atoms with Crippen molar-refractivity contribution in [2.75, 3.05) is 0 Å². The van der Waals surface area contributed by atoms with Crippen LogP contribution in [0, 0.1) is 6.92 Å². The number of hydrogen-bond acceptors (Lipinski definition) is 3. The normalized spacial score (nSPS) is 11.9. The van der Waals surface area contributed by atoms with Crippen molar-refractivity contribution in [2.24, 2.45) is 0 Å². The fraction of sp³-hybridized carbons (Fsp3) is 0.0370. The molecule has 0 saturated heterocycles. The molecule has 1 atom stereocenters. The number of aromatic nitrogens is 2. The third-order valence-electron chi connectivity index (χ3n) is 5.16. The first kappa shape index (κ1) is 19.4. The van der Waals surface area contributed by atoms with Crippen LogP contribution in [0.1, 0.15) is 5.56 Å². The lowest BCUT2D eigenvalue weighted by Gasteiger charge is -2.19. The maximum atomic E-state index is 6.34. The first-order chi connectivity index (χ1) is 15.3. The van der Waals surface area contributed by atoms with Crippen molar-refractivity contribution in [1.82, 2.24) is 9.97 Å². The molecule has 5 rings (SSSR count). The molecule has 2 heterocycles. The highest BCUT2D eigenvalue weighted by Crippen LogP contribution is 2.36. The van der Waals surface area contributed by atoms with Gasteiger partial charge < -0.3 is 4.52 Å². The first-order valence-electron chi connectivity index (χ1n) is 10.2. The minimum atomic E-state index is -1.02. The molecule has 0 saturated carbocycles. The van der Waals surface area contributed by atoms with E-state index in [0.717, 1.165) is 27.4 Å². The SMILES string of the molecule is Cc1cccc2nc(-c3ccc(P(Oc4ccccn4)c4ccccc4)cc3)ccc12. The van der Waals surface area contributed by atoms with Gasteiger partial charge in [0, 0.05) is 33.8 Å². The number of nitrogens with zero attached hydrogens (tertiary/aromatic N) is 2. The molecule has 0 bridgehead atoms. The Labute approximate surface area is 183 Å². The van der Waals surface area contributed by atoms with Gasteiger partial charge in [-0.3, -0.25) is 0 Å². The zero-order valence-electron chi connectivity index (χ0n) is 17.1. The van der Waals surface area contributed by atoms with Gasteiger partial charge in [0.05, 0.1) is 11.2 Å². The summed E-state index contributed by atoms with van der Waals surface area (Å²) in [5.74, 6) is 0.633. The second kappa shape index (κ2) is 8.67. The number of aryl methyl sites for hydroxylation is 1. The largest absolute Gasteiger partial charge is 0.447 e. The standard InChI is InChI=1S/C27H21N2OP/c1-20-8-7-11-26-24(20)17-18-25(29-26)21-13-15-23(16-14-21)31(22-9-3-2-4-10-22)30-27-12-5-6-19-28-27/h2-19H,1H3. The van der Waals surface area contributed by atoms with E-state index in [9.17, 15) is 0 Å². The fourth-order valence-corrected chi connectivity index (χ4v) is 5.22. The summed E-state index contributed by atoms with van der Waals surface area (Å²) >= 11 is 0. The minimum absolute atomic E-state index is 0.633. The molecule has 0 aliphatic rings. The highest BCUT2D eigenvalue weighted by molar-refractivity contribution is 7.68. The highest BCUT2D eigenvalue weighted by atomic mass is 31.1. The molecule has 0 radical (unpaired) electrons. The number of hydrogen-bond donors (Lipinski definition) is 0. The van der Waals surface area contributed by atoms with Crippen molar-refractivity contribution in [2.45, 2.75) is 6.92 Å². The minimum Gasteiger partial charge on any atom is -0.447 e. The summed E-state index contributed by atoms with van der Waals surface area (Å²) in [5.41, 5.74) is 4.33. The lowest BCUT2D eigenvalue weighted by Crippen LogP contribution is -2.15. The average molecular weight is 420 g/mol. The van der Waals surface area contributed by atoms with Crippen LogP contribution in [0.2, 0.25) is 0 Å². The quantitative estimate of drug-likeness (QED) is 0.326. The predicted octanol–water partition coefficient (Wildman–Crippen LogP) is 6.03. The fourth-order valence-electron chi connectivity index (χ4n) is 3.55. The van der Waals surface area contributed by atoms with Crippen LogP contribution in [0.5, 0.6) is 5.88 Å². The van der Waals surface area contributed by atoms with Crippen LogP contribution in [-0.2, 0) is 0 Å². The summed E-state index contributed by atoms with van der Waals surface area (Å²) in [4.78, 5) is 9.23. The van der Waals surface area contributed by atoms with E-state index in [0.29, 0.717) is 5.88 Å². The summed E-state index contributed by atoms with van der Waals surface area (Å²) < 4.78 is 6.34. The van der Waals surface area contributed by atoms with Crippen LogP contribution in [0.15, 0.2) is 109 Å². The third-order valence-corrected chi connectivity index (χ3v) is 7.06. The Balaban J connectivity index is 1.49. The Bertz CT molecular complexity index is 1310. The zero-order chi connectivity index (χ0) is 21.0. The van der Waals surface area contributed by atoms with Crippen LogP contribution in [0.3, 0.4) is 0 Å². The lowest BCUT2D eigenvalue weighted by molar-refractivity contribution is 0.601. The molecule has 0 fully saturated rings. The van der Waals surface area contributed by atoms with Crippen LogP contribution >= 0.6 is 8.15 Å². The molecule has 1 unspecified atom stereocenters.